The molecule has 0 bridgehead atoms. The Hall–Kier alpha value is -3.42. The molecule has 0 radical (unpaired) electrons. The van der Waals surface area contributed by atoms with E-state index in [1.54, 1.807) is 18.2 Å². The summed E-state index contributed by atoms with van der Waals surface area (Å²) in [6.07, 6.45) is 11.7. The van der Waals surface area contributed by atoms with Crippen molar-refractivity contribution in [2.24, 2.45) is 5.92 Å². The molecule has 156 valence electrons. The van der Waals surface area contributed by atoms with Crippen LogP contribution in [-0.4, -0.2) is 54.1 Å². The fraction of sp³-hybridized carbons (Fsp3) is 0.364. The number of amides is 2. The number of nitrogens with one attached hydrogen (secondary N) is 2. The van der Waals surface area contributed by atoms with Gasteiger partial charge in [0.1, 0.15) is 11.5 Å². The average Bonchev–Trinajstić information content (AvgIpc) is 3.26. The highest BCUT2D eigenvalue weighted by atomic mass is 16.5. The molecular weight excluding hydrogens is 384 g/mol. The second-order valence-electron chi connectivity index (χ2n) is 7.84. The Bertz CT molecular complexity index is 946. The summed E-state index contributed by atoms with van der Waals surface area (Å²) in [6, 6.07) is 5.19. The Kier molecular flexibility index (Phi) is 4.82. The Morgan fingerprint density at radius 3 is 2.97 bits per heavy atom. The lowest BCUT2D eigenvalue weighted by Gasteiger charge is -2.33. The third kappa shape index (κ3) is 3.60. The van der Waals surface area contributed by atoms with Gasteiger partial charge < -0.3 is 29.9 Å². The van der Waals surface area contributed by atoms with Gasteiger partial charge in [-0.25, -0.2) is 0 Å². The largest absolute Gasteiger partial charge is 0.493 e. The molecule has 8 nitrogen and oxygen atoms in total. The van der Waals surface area contributed by atoms with E-state index in [4.69, 9.17) is 9.47 Å². The summed E-state index contributed by atoms with van der Waals surface area (Å²) in [7, 11) is 0. The predicted molar refractivity (Wildman–Crippen MR) is 110 cm³/mol. The number of benzene rings is 1. The van der Waals surface area contributed by atoms with E-state index < -0.39 is 0 Å². The molecule has 1 aromatic rings. The number of ether oxygens (including phenoxy) is 2. The van der Waals surface area contributed by atoms with Crippen molar-refractivity contribution < 1.29 is 19.1 Å². The summed E-state index contributed by atoms with van der Waals surface area (Å²) in [6.45, 7) is 2.05. The van der Waals surface area contributed by atoms with Crippen molar-refractivity contribution in [2.75, 3.05) is 31.6 Å². The number of rotatable bonds is 4. The molecule has 5 rings (SSSR count). The number of anilines is 1. The minimum Gasteiger partial charge on any atom is -0.493 e. The molecule has 0 aliphatic carbocycles. The van der Waals surface area contributed by atoms with Gasteiger partial charge in [-0.15, -0.1) is 0 Å². The van der Waals surface area contributed by atoms with Crippen LogP contribution in [0.15, 0.2) is 54.7 Å². The van der Waals surface area contributed by atoms with Gasteiger partial charge in [0.25, 0.3) is 11.8 Å². The topological polar surface area (TPSA) is 83.1 Å². The maximum absolute atomic E-state index is 12.9. The summed E-state index contributed by atoms with van der Waals surface area (Å²) in [4.78, 5) is 28.4. The van der Waals surface area contributed by atoms with Crippen LogP contribution in [-0.2, 0) is 9.53 Å². The number of hydrogen-bond acceptors (Lipinski definition) is 6. The first-order valence-corrected chi connectivity index (χ1v) is 10.2. The highest BCUT2D eigenvalue weighted by Gasteiger charge is 2.28. The molecule has 0 spiro atoms. The zero-order valence-corrected chi connectivity index (χ0v) is 16.5. The van der Waals surface area contributed by atoms with Gasteiger partial charge in [-0.3, -0.25) is 9.59 Å². The number of piperidine rings is 1. The van der Waals surface area contributed by atoms with E-state index in [1.165, 1.54) is 0 Å². The van der Waals surface area contributed by atoms with E-state index >= 15 is 0 Å². The highest BCUT2D eigenvalue weighted by molar-refractivity contribution is 5.99. The van der Waals surface area contributed by atoms with Gasteiger partial charge in [-0.1, -0.05) is 0 Å². The fourth-order valence-electron chi connectivity index (χ4n) is 4.13. The van der Waals surface area contributed by atoms with Crippen molar-refractivity contribution in [3.63, 3.8) is 0 Å². The van der Waals surface area contributed by atoms with Gasteiger partial charge in [0.05, 0.1) is 12.3 Å². The van der Waals surface area contributed by atoms with Gasteiger partial charge >= 0.3 is 0 Å². The summed E-state index contributed by atoms with van der Waals surface area (Å²) >= 11 is 0. The first-order valence-electron chi connectivity index (χ1n) is 10.2. The smallest absolute Gasteiger partial charge is 0.262 e. The number of likely N-dealkylation sites (tertiary alicyclic amines) is 1. The van der Waals surface area contributed by atoms with Crippen molar-refractivity contribution >= 4 is 17.5 Å². The number of fused-ring (bicyclic) bond motifs is 2. The van der Waals surface area contributed by atoms with Crippen molar-refractivity contribution in [2.45, 2.75) is 19.0 Å². The van der Waals surface area contributed by atoms with E-state index in [1.807, 2.05) is 35.7 Å². The van der Waals surface area contributed by atoms with Crippen LogP contribution in [0.5, 0.6) is 5.75 Å². The lowest BCUT2D eigenvalue weighted by molar-refractivity contribution is -0.118. The van der Waals surface area contributed by atoms with Crippen LogP contribution in [0.4, 0.5) is 5.69 Å². The van der Waals surface area contributed by atoms with E-state index in [2.05, 4.69) is 15.5 Å². The van der Waals surface area contributed by atoms with Gasteiger partial charge in [-0.05, 0) is 49.1 Å². The quantitative estimate of drug-likeness (QED) is 0.793. The minimum absolute atomic E-state index is 0.00835. The molecule has 2 amide bonds. The maximum Gasteiger partial charge on any atom is 0.262 e. The molecule has 4 aliphatic rings. The lowest BCUT2D eigenvalue weighted by atomic mass is 9.97. The summed E-state index contributed by atoms with van der Waals surface area (Å²) < 4.78 is 11.5. The molecule has 1 aromatic carbocycles. The van der Waals surface area contributed by atoms with Crippen LogP contribution >= 0.6 is 0 Å². The van der Waals surface area contributed by atoms with Gasteiger partial charge in [0, 0.05) is 37.3 Å². The monoisotopic (exact) mass is 408 g/mol. The third-order valence-corrected chi connectivity index (χ3v) is 5.83. The van der Waals surface area contributed by atoms with Crippen LogP contribution in [0.2, 0.25) is 0 Å². The number of nitrogens with zero attached hydrogens (tertiary/aromatic N) is 2. The van der Waals surface area contributed by atoms with Crippen LogP contribution < -0.4 is 15.4 Å². The van der Waals surface area contributed by atoms with Crippen molar-refractivity contribution in [3.05, 3.63) is 60.3 Å². The molecular formula is C22H24N4O4. The second-order valence-corrected chi connectivity index (χ2v) is 7.84. The predicted octanol–water partition coefficient (Wildman–Crippen LogP) is 2.00. The number of carbonyl (C=O) groups excluding carboxylic acids is 2. The van der Waals surface area contributed by atoms with Crippen LogP contribution in [0, 0.1) is 5.92 Å². The van der Waals surface area contributed by atoms with E-state index in [9.17, 15) is 9.59 Å². The van der Waals surface area contributed by atoms with Crippen molar-refractivity contribution in [3.8, 4) is 5.75 Å². The van der Waals surface area contributed by atoms with Crippen molar-refractivity contribution in [1.29, 1.82) is 0 Å². The van der Waals surface area contributed by atoms with Crippen LogP contribution in [0.25, 0.3) is 0 Å². The van der Waals surface area contributed by atoms with E-state index in [0.717, 1.165) is 18.6 Å². The molecule has 1 atom stereocenters. The molecule has 4 heterocycles. The normalized spacial score (nSPS) is 22.5. The molecule has 1 saturated heterocycles. The zero-order chi connectivity index (χ0) is 20.5. The van der Waals surface area contributed by atoms with E-state index in [-0.39, 0.29) is 24.6 Å². The third-order valence-electron chi connectivity index (χ3n) is 5.83. The summed E-state index contributed by atoms with van der Waals surface area (Å²) in [5.74, 6) is 1.70. The number of carbonyl (C=O) groups is 2. The van der Waals surface area contributed by atoms with Crippen LogP contribution in [0.3, 0.4) is 0 Å². The highest BCUT2D eigenvalue weighted by Crippen LogP contribution is 2.30. The summed E-state index contributed by atoms with van der Waals surface area (Å²) in [5, 5.41) is 6.03. The van der Waals surface area contributed by atoms with Gasteiger partial charge in [0.2, 0.25) is 0 Å². The molecule has 2 N–H and O–H groups in total. The zero-order valence-electron chi connectivity index (χ0n) is 16.5. The minimum atomic E-state index is -0.205. The van der Waals surface area contributed by atoms with E-state index in [0.29, 0.717) is 42.6 Å². The molecule has 4 aliphatic heterocycles. The Balaban J connectivity index is 1.14. The molecule has 1 unspecified atom stereocenters. The average molecular weight is 408 g/mol. The lowest BCUT2D eigenvalue weighted by Crippen LogP contribution is -2.40. The molecule has 30 heavy (non-hydrogen) atoms. The molecule has 8 heteroatoms. The molecule has 0 saturated carbocycles. The fourth-order valence-corrected chi connectivity index (χ4v) is 4.13. The van der Waals surface area contributed by atoms with Crippen molar-refractivity contribution in [1.82, 2.24) is 15.1 Å². The summed E-state index contributed by atoms with van der Waals surface area (Å²) in [5.41, 5.74) is 1.12. The Morgan fingerprint density at radius 2 is 2.10 bits per heavy atom. The second kappa shape index (κ2) is 7.78. The van der Waals surface area contributed by atoms with Gasteiger partial charge in [-0.2, -0.15) is 0 Å². The van der Waals surface area contributed by atoms with Gasteiger partial charge in [0.15, 0.2) is 12.8 Å². The number of hydrogen-bond donors (Lipinski definition) is 2. The maximum atomic E-state index is 12.9. The molecule has 1 fully saturated rings. The Labute approximate surface area is 174 Å². The van der Waals surface area contributed by atoms with Crippen LogP contribution in [0.1, 0.15) is 23.2 Å². The standard InChI is InChI=1S/C22H24N4O4/c27-20-14-30-18-4-3-16(12-17(18)24-20)22(28)26-9-5-15(6-10-26)13-29-19-2-1-8-25-11-7-23-21(19)25/h1-4,7-8,11-12,15,21,23H,5-6,9-10,13-14H2,(H,24,27). The number of allylic oxidation sites excluding steroid dienone is 2. The first-order chi connectivity index (χ1) is 14.7. The Morgan fingerprint density at radius 1 is 1.23 bits per heavy atom. The SMILES string of the molecule is O=C1COc2ccc(C(=O)N3CCC(COC4=CC=CN5C=CNC45)CC3)cc2N1. The first kappa shape index (κ1) is 18.6. The molecule has 0 aromatic heterocycles.